The third-order valence-corrected chi connectivity index (χ3v) is 6.32. The second-order valence-corrected chi connectivity index (χ2v) is 9.77. The van der Waals surface area contributed by atoms with Crippen LogP contribution >= 0.6 is 15.9 Å². The van der Waals surface area contributed by atoms with Crippen LogP contribution in [0.3, 0.4) is 0 Å². The number of carbonyl (C=O) groups is 1. The van der Waals surface area contributed by atoms with Crippen molar-refractivity contribution in [3.05, 3.63) is 106 Å². The van der Waals surface area contributed by atoms with E-state index in [9.17, 15) is 4.79 Å². The molecular weight excluding hydrogens is 476 g/mol. The standard InChI is InChI=1S/C28H27BrN2O2/c1-19-9-13-21(14-10-19)23(22-15-11-20(2)12-16-22)17-26(30-25-8-6-5-7-24(25)29)31-27(32)33-18-28(31,3)4/h5-17H,18H2,1-4H3. The molecular formula is C28H27BrN2O2. The largest absolute Gasteiger partial charge is 0.447 e. The summed E-state index contributed by atoms with van der Waals surface area (Å²) < 4.78 is 6.27. The molecule has 1 aliphatic heterocycles. The maximum Gasteiger partial charge on any atom is 0.416 e. The van der Waals surface area contributed by atoms with E-state index in [1.165, 1.54) is 11.1 Å². The Morgan fingerprint density at radius 2 is 1.48 bits per heavy atom. The lowest BCUT2D eigenvalue weighted by atomic mass is 9.95. The number of hydrogen-bond donors (Lipinski definition) is 0. The summed E-state index contributed by atoms with van der Waals surface area (Å²) in [6.07, 6.45) is 1.59. The molecule has 33 heavy (non-hydrogen) atoms. The number of amides is 1. The molecule has 4 nitrogen and oxygen atoms in total. The summed E-state index contributed by atoms with van der Waals surface area (Å²) in [4.78, 5) is 19.4. The molecule has 1 amide bonds. The van der Waals surface area contributed by atoms with Gasteiger partial charge in [-0.15, -0.1) is 0 Å². The average molecular weight is 503 g/mol. The number of carbonyl (C=O) groups excluding carboxylic acids is 1. The minimum atomic E-state index is -0.528. The first-order valence-electron chi connectivity index (χ1n) is 10.9. The summed E-state index contributed by atoms with van der Waals surface area (Å²) in [5.74, 6) is 0.533. The fourth-order valence-electron chi connectivity index (χ4n) is 3.76. The van der Waals surface area contributed by atoms with E-state index in [4.69, 9.17) is 9.73 Å². The van der Waals surface area contributed by atoms with E-state index in [0.29, 0.717) is 12.4 Å². The van der Waals surface area contributed by atoms with Crippen molar-refractivity contribution in [1.82, 2.24) is 4.90 Å². The summed E-state index contributed by atoms with van der Waals surface area (Å²) in [5, 5.41) is 0. The van der Waals surface area contributed by atoms with Crippen molar-refractivity contribution >= 4 is 39.1 Å². The molecule has 0 saturated carbocycles. The Bertz CT molecular complexity index is 1180. The Morgan fingerprint density at radius 1 is 0.939 bits per heavy atom. The number of nitrogens with zero attached hydrogens (tertiary/aromatic N) is 2. The highest BCUT2D eigenvalue weighted by Crippen LogP contribution is 2.32. The summed E-state index contributed by atoms with van der Waals surface area (Å²) >= 11 is 3.59. The molecule has 1 fully saturated rings. The van der Waals surface area contributed by atoms with Crippen LogP contribution in [0.25, 0.3) is 5.57 Å². The fourth-order valence-corrected chi connectivity index (χ4v) is 4.13. The Kier molecular flexibility index (Phi) is 6.52. The van der Waals surface area contributed by atoms with Crippen LogP contribution in [0.15, 0.2) is 88.3 Å². The van der Waals surface area contributed by atoms with Crippen molar-refractivity contribution in [3.63, 3.8) is 0 Å². The van der Waals surface area contributed by atoms with Crippen LogP contribution in [-0.2, 0) is 4.74 Å². The van der Waals surface area contributed by atoms with Crippen LogP contribution in [0.5, 0.6) is 0 Å². The predicted octanol–water partition coefficient (Wildman–Crippen LogP) is 7.46. The van der Waals surface area contributed by atoms with Gasteiger partial charge in [-0.2, -0.15) is 0 Å². The van der Waals surface area contributed by atoms with Crippen molar-refractivity contribution in [2.45, 2.75) is 33.2 Å². The van der Waals surface area contributed by atoms with Gasteiger partial charge in [0.25, 0.3) is 0 Å². The van der Waals surface area contributed by atoms with Crippen molar-refractivity contribution in [1.29, 1.82) is 0 Å². The molecule has 0 atom stereocenters. The zero-order valence-corrected chi connectivity index (χ0v) is 20.9. The van der Waals surface area contributed by atoms with Crippen LogP contribution in [0.2, 0.25) is 0 Å². The fraction of sp³-hybridized carbons (Fsp3) is 0.214. The van der Waals surface area contributed by atoms with Gasteiger partial charge < -0.3 is 4.74 Å². The molecule has 3 aromatic carbocycles. The number of rotatable bonds is 4. The maximum absolute atomic E-state index is 12.8. The molecule has 168 valence electrons. The molecule has 4 rings (SSSR count). The summed E-state index contributed by atoms with van der Waals surface area (Å²) in [7, 11) is 0. The lowest BCUT2D eigenvalue weighted by Gasteiger charge is -2.28. The van der Waals surface area contributed by atoms with Gasteiger partial charge in [-0.1, -0.05) is 71.8 Å². The number of ether oxygens (including phenoxy) is 1. The third kappa shape index (κ3) is 5.09. The highest BCUT2D eigenvalue weighted by Gasteiger charge is 2.42. The second kappa shape index (κ2) is 9.36. The zero-order valence-electron chi connectivity index (χ0n) is 19.3. The van der Waals surface area contributed by atoms with Gasteiger partial charge >= 0.3 is 6.09 Å². The van der Waals surface area contributed by atoms with Crippen LogP contribution in [0.4, 0.5) is 10.5 Å². The number of halogens is 1. The number of benzene rings is 3. The van der Waals surface area contributed by atoms with Gasteiger partial charge in [0.2, 0.25) is 0 Å². The topological polar surface area (TPSA) is 41.9 Å². The minimum Gasteiger partial charge on any atom is -0.447 e. The average Bonchev–Trinajstić information content (AvgIpc) is 3.06. The van der Waals surface area contributed by atoms with E-state index in [-0.39, 0.29) is 0 Å². The Hall–Kier alpha value is -3.18. The molecule has 0 bridgehead atoms. The number of aryl methyl sites for hydroxylation is 2. The molecule has 1 saturated heterocycles. The maximum atomic E-state index is 12.8. The first kappa shape index (κ1) is 23.0. The lowest BCUT2D eigenvalue weighted by molar-refractivity contribution is 0.168. The van der Waals surface area contributed by atoms with Crippen LogP contribution in [0.1, 0.15) is 36.1 Å². The van der Waals surface area contributed by atoms with Crippen LogP contribution < -0.4 is 0 Å². The normalized spacial score (nSPS) is 15.4. The molecule has 0 aliphatic carbocycles. The van der Waals surface area contributed by atoms with E-state index >= 15 is 0 Å². The smallest absolute Gasteiger partial charge is 0.416 e. The first-order valence-corrected chi connectivity index (χ1v) is 11.7. The predicted molar refractivity (Wildman–Crippen MR) is 138 cm³/mol. The molecule has 0 N–H and O–H groups in total. The van der Waals surface area contributed by atoms with Crippen LogP contribution in [-0.4, -0.2) is 29.0 Å². The number of amidine groups is 1. The summed E-state index contributed by atoms with van der Waals surface area (Å²) in [6, 6.07) is 24.5. The Labute approximate surface area is 203 Å². The van der Waals surface area contributed by atoms with Gasteiger partial charge in [-0.3, -0.25) is 4.90 Å². The van der Waals surface area contributed by atoms with Gasteiger partial charge in [0.05, 0.1) is 11.2 Å². The quantitative estimate of drug-likeness (QED) is 0.274. The SMILES string of the molecule is Cc1ccc(C(=CC(=Nc2ccccc2Br)N2C(=O)OCC2(C)C)c2ccc(C)cc2)cc1. The molecule has 0 unspecified atom stereocenters. The summed E-state index contributed by atoms with van der Waals surface area (Å²) in [6.45, 7) is 8.42. The van der Waals surface area contributed by atoms with Crippen LogP contribution in [0, 0.1) is 13.8 Å². The van der Waals surface area contributed by atoms with E-state index in [1.54, 1.807) is 4.90 Å². The van der Waals surface area contributed by atoms with E-state index in [2.05, 4.69) is 78.3 Å². The molecule has 1 aliphatic rings. The Balaban J connectivity index is 1.95. The molecule has 5 heteroatoms. The molecule has 3 aromatic rings. The molecule has 0 radical (unpaired) electrons. The minimum absolute atomic E-state index is 0.305. The zero-order chi connectivity index (χ0) is 23.6. The number of aliphatic imine (C=N–C) groups is 1. The molecule has 1 heterocycles. The third-order valence-electron chi connectivity index (χ3n) is 5.65. The monoisotopic (exact) mass is 502 g/mol. The summed E-state index contributed by atoms with van der Waals surface area (Å²) in [5.41, 5.74) is 5.67. The number of hydrogen-bond acceptors (Lipinski definition) is 3. The van der Waals surface area contributed by atoms with Gasteiger partial charge in [0.1, 0.15) is 12.4 Å². The molecule has 0 spiro atoms. The van der Waals surface area contributed by atoms with E-state index in [0.717, 1.165) is 26.9 Å². The second-order valence-electron chi connectivity index (χ2n) is 8.91. The van der Waals surface area contributed by atoms with Gasteiger partial charge in [0, 0.05) is 4.47 Å². The van der Waals surface area contributed by atoms with Crippen molar-refractivity contribution in [2.24, 2.45) is 4.99 Å². The first-order chi connectivity index (χ1) is 15.7. The van der Waals surface area contributed by atoms with Crippen molar-refractivity contribution < 1.29 is 9.53 Å². The number of cyclic esters (lactones) is 1. The van der Waals surface area contributed by atoms with Crippen molar-refractivity contribution in [3.8, 4) is 0 Å². The van der Waals surface area contributed by atoms with Crippen molar-refractivity contribution in [2.75, 3.05) is 6.61 Å². The van der Waals surface area contributed by atoms with Gasteiger partial charge in [-0.05, 0) is 78.5 Å². The highest BCUT2D eigenvalue weighted by molar-refractivity contribution is 9.10. The number of para-hydroxylation sites is 1. The molecule has 0 aromatic heterocycles. The van der Waals surface area contributed by atoms with Gasteiger partial charge in [-0.25, -0.2) is 9.79 Å². The lowest BCUT2D eigenvalue weighted by Crippen LogP contribution is -2.45. The highest BCUT2D eigenvalue weighted by atomic mass is 79.9. The Morgan fingerprint density at radius 3 is 1.97 bits per heavy atom. The van der Waals surface area contributed by atoms with E-state index in [1.807, 2.05) is 44.2 Å². The van der Waals surface area contributed by atoms with E-state index < -0.39 is 11.6 Å². The van der Waals surface area contributed by atoms with Gasteiger partial charge in [0.15, 0.2) is 0 Å².